The van der Waals surface area contributed by atoms with Gasteiger partial charge < -0.3 is 10.2 Å². The number of benzene rings is 2. The number of rotatable bonds is 4. The van der Waals surface area contributed by atoms with Gasteiger partial charge in [0.05, 0.1) is 17.9 Å². The van der Waals surface area contributed by atoms with Gasteiger partial charge in [0.25, 0.3) is 11.8 Å². The SMILES string of the molecule is Cc1ccc2c(c1C)C(NC(=O)c1cn(-c3ccc4c(c3)CN(C3CCC(=O)NC3=O)C4=O)nn1)CC2. The highest BCUT2D eigenvalue weighted by Gasteiger charge is 2.39. The Hall–Kier alpha value is -4.34. The monoisotopic (exact) mass is 498 g/mol. The largest absolute Gasteiger partial charge is 0.344 e. The molecule has 1 fully saturated rings. The van der Waals surface area contributed by atoms with Crippen molar-refractivity contribution in [3.8, 4) is 5.69 Å². The van der Waals surface area contributed by atoms with E-state index in [9.17, 15) is 19.2 Å². The van der Waals surface area contributed by atoms with Gasteiger partial charge in [-0.15, -0.1) is 5.10 Å². The van der Waals surface area contributed by atoms with Crippen molar-refractivity contribution in [1.82, 2.24) is 30.5 Å². The van der Waals surface area contributed by atoms with Crippen LogP contribution in [0.1, 0.15) is 74.0 Å². The molecule has 4 amide bonds. The van der Waals surface area contributed by atoms with Crippen LogP contribution in [0.2, 0.25) is 0 Å². The Balaban J connectivity index is 1.18. The maximum absolute atomic E-state index is 13.0. The third kappa shape index (κ3) is 3.89. The minimum Gasteiger partial charge on any atom is -0.344 e. The zero-order valence-electron chi connectivity index (χ0n) is 20.6. The van der Waals surface area contributed by atoms with Crippen LogP contribution in [-0.2, 0) is 22.6 Å². The molecule has 1 saturated heterocycles. The smallest absolute Gasteiger partial charge is 0.273 e. The lowest BCUT2D eigenvalue weighted by Crippen LogP contribution is -2.52. The highest BCUT2D eigenvalue weighted by atomic mass is 16.2. The molecule has 188 valence electrons. The highest BCUT2D eigenvalue weighted by molar-refractivity contribution is 6.05. The van der Waals surface area contributed by atoms with Crippen LogP contribution in [0, 0.1) is 13.8 Å². The molecule has 2 atom stereocenters. The van der Waals surface area contributed by atoms with Crippen LogP contribution in [0.4, 0.5) is 0 Å². The molecule has 10 nitrogen and oxygen atoms in total. The van der Waals surface area contributed by atoms with Gasteiger partial charge in [-0.1, -0.05) is 17.3 Å². The van der Waals surface area contributed by atoms with Gasteiger partial charge in [-0.05, 0) is 79.1 Å². The standard InChI is InChI=1S/C27H26N6O4/c1-14-3-4-16-5-8-20(24(16)15(14)2)28-25(35)21-13-33(31-30-21)18-6-7-19-17(11-18)12-32(27(19)37)22-9-10-23(34)29-26(22)36/h3-4,6-7,11,13,20,22H,5,8-10,12H2,1-2H3,(H,28,35)(H,29,34,36). The fourth-order valence-electron chi connectivity index (χ4n) is 5.61. The fourth-order valence-corrected chi connectivity index (χ4v) is 5.61. The number of piperidine rings is 1. The van der Waals surface area contributed by atoms with Crippen molar-refractivity contribution in [3.05, 3.63) is 75.6 Å². The lowest BCUT2D eigenvalue weighted by atomic mass is 9.97. The van der Waals surface area contributed by atoms with Crippen molar-refractivity contribution >= 4 is 23.6 Å². The van der Waals surface area contributed by atoms with E-state index in [2.05, 4.69) is 46.9 Å². The van der Waals surface area contributed by atoms with Gasteiger partial charge in [-0.2, -0.15) is 0 Å². The van der Waals surface area contributed by atoms with Crippen LogP contribution >= 0.6 is 0 Å². The topological polar surface area (TPSA) is 126 Å². The Morgan fingerprint density at radius 2 is 1.89 bits per heavy atom. The molecule has 0 saturated carbocycles. The Labute approximate surface area is 213 Å². The van der Waals surface area contributed by atoms with E-state index in [0.717, 1.165) is 18.4 Å². The summed E-state index contributed by atoms with van der Waals surface area (Å²) in [6, 6.07) is 8.78. The number of carbonyl (C=O) groups is 4. The third-order valence-corrected chi connectivity index (χ3v) is 7.73. The molecule has 0 bridgehead atoms. The van der Waals surface area contributed by atoms with Gasteiger partial charge in [-0.3, -0.25) is 24.5 Å². The minimum atomic E-state index is -0.670. The molecule has 0 radical (unpaired) electrons. The molecule has 6 rings (SSSR count). The summed E-state index contributed by atoms with van der Waals surface area (Å²) in [6.07, 6.45) is 3.87. The van der Waals surface area contributed by atoms with Crippen molar-refractivity contribution in [2.45, 2.75) is 58.2 Å². The van der Waals surface area contributed by atoms with Crippen molar-refractivity contribution in [2.75, 3.05) is 0 Å². The lowest BCUT2D eigenvalue weighted by Gasteiger charge is -2.29. The molecule has 10 heteroatoms. The van der Waals surface area contributed by atoms with Gasteiger partial charge in [0, 0.05) is 18.5 Å². The van der Waals surface area contributed by atoms with Gasteiger partial charge in [0.15, 0.2) is 5.69 Å². The van der Waals surface area contributed by atoms with Crippen LogP contribution in [0.25, 0.3) is 5.69 Å². The maximum atomic E-state index is 13.0. The zero-order chi connectivity index (χ0) is 25.8. The Morgan fingerprint density at radius 3 is 2.70 bits per heavy atom. The van der Waals surface area contributed by atoms with Gasteiger partial charge in [0.1, 0.15) is 6.04 Å². The van der Waals surface area contributed by atoms with Crippen molar-refractivity contribution in [1.29, 1.82) is 0 Å². The van der Waals surface area contributed by atoms with Crippen molar-refractivity contribution in [3.63, 3.8) is 0 Å². The van der Waals surface area contributed by atoms with Crippen LogP contribution in [0.3, 0.4) is 0 Å². The molecule has 2 N–H and O–H groups in total. The molecule has 0 spiro atoms. The summed E-state index contributed by atoms with van der Waals surface area (Å²) in [5.74, 6) is -1.29. The van der Waals surface area contributed by atoms with E-state index in [0.29, 0.717) is 17.7 Å². The summed E-state index contributed by atoms with van der Waals surface area (Å²) in [5.41, 5.74) is 7.02. The first-order valence-electron chi connectivity index (χ1n) is 12.4. The Bertz CT molecular complexity index is 1490. The van der Waals surface area contributed by atoms with Gasteiger partial charge in [-0.25, -0.2) is 4.68 Å². The summed E-state index contributed by atoms with van der Waals surface area (Å²) >= 11 is 0. The third-order valence-electron chi connectivity index (χ3n) is 7.73. The molecule has 1 aromatic heterocycles. The summed E-state index contributed by atoms with van der Waals surface area (Å²) in [6.45, 7) is 4.43. The van der Waals surface area contributed by atoms with Crippen molar-refractivity contribution in [2.24, 2.45) is 0 Å². The highest BCUT2D eigenvalue weighted by Crippen LogP contribution is 2.35. The van der Waals surface area contributed by atoms with E-state index in [4.69, 9.17) is 0 Å². The molecule has 3 aromatic rings. The van der Waals surface area contributed by atoms with Crippen molar-refractivity contribution < 1.29 is 19.2 Å². The molecule has 3 heterocycles. The first kappa shape index (κ1) is 23.1. The molecule has 2 aromatic carbocycles. The predicted molar refractivity (Wildman–Crippen MR) is 132 cm³/mol. The number of aromatic nitrogens is 3. The van der Waals surface area contributed by atoms with E-state index in [1.165, 1.54) is 31.8 Å². The second kappa shape index (κ2) is 8.65. The summed E-state index contributed by atoms with van der Waals surface area (Å²) < 4.78 is 1.51. The van der Waals surface area contributed by atoms with Crippen LogP contribution in [-0.4, -0.2) is 49.6 Å². The molecule has 37 heavy (non-hydrogen) atoms. The van der Waals surface area contributed by atoms with Gasteiger partial charge in [0.2, 0.25) is 11.8 Å². The predicted octanol–water partition coefficient (Wildman–Crippen LogP) is 2.06. The second-order valence-electron chi connectivity index (χ2n) is 9.93. The average molecular weight is 499 g/mol. The average Bonchev–Trinajstić information content (AvgIpc) is 3.60. The number of amides is 4. The number of aryl methyl sites for hydroxylation is 2. The van der Waals surface area contributed by atoms with Crippen LogP contribution < -0.4 is 10.6 Å². The summed E-state index contributed by atoms with van der Waals surface area (Å²) in [7, 11) is 0. The number of imide groups is 1. The first-order valence-corrected chi connectivity index (χ1v) is 12.4. The molecule has 3 aliphatic rings. The van der Waals surface area contributed by atoms with E-state index < -0.39 is 11.9 Å². The molecular weight excluding hydrogens is 472 g/mol. The number of fused-ring (bicyclic) bond motifs is 2. The minimum absolute atomic E-state index is 0.0585. The maximum Gasteiger partial charge on any atom is 0.273 e. The Morgan fingerprint density at radius 1 is 1.05 bits per heavy atom. The van der Waals surface area contributed by atoms with Crippen LogP contribution in [0.5, 0.6) is 0 Å². The number of carbonyl (C=O) groups excluding carboxylic acids is 4. The number of hydrogen-bond donors (Lipinski definition) is 2. The van der Waals surface area contributed by atoms with Crippen LogP contribution in [0.15, 0.2) is 36.5 Å². The normalized spacial score (nSPS) is 20.6. The molecular formula is C27H26N6O4. The number of hydrogen-bond acceptors (Lipinski definition) is 6. The first-order chi connectivity index (χ1) is 17.8. The molecule has 2 unspecified atom stereocenters. The summed E-state index contributed by atoms with van der Waals surface area (Å²) in [4.78, 5) is 51.2. The van der Waals surface area contributed by atoms with E-state index in [1.807, 2.05) is 6.07 Å². The second-order valence-corrected chi connectivity index (χ2v) is 9.93. The van der Waals surface area contributed by atoms with E-state index >= 15 is 0 Å². The van der Waals surface area contributed by atoms with E-state index in [1.54, 1.807) is 18.3 Å². The van der Waals surface area contributed by atoms with E-state index in [-0.39, 0.29) is 42.4 Å². The molecule has 1 aliphatic carbocycles. The lowest BCUT2D eigenvalue weighted by molar-refractivity contribution is -0.136. The zero-order valence-corrected chi connectivity index (χ0v) is 20.6. The number of nitrogens with zero attached hydrogens (tertiary/aromatic N) is 4. The fraction of sp³-hybridized carbons (Fsp3) is 0.333. The number of nitrogens with one attached hydrogen (secondary N) is 2. The quantitative estimate of drug-likeness (QED) is 0.531. The Kier molecular flexibility index (Phi) is 5.40. The summed E-state index contributed by atoms with van der Waals surface area (Å²) in [5, 5.41) is 13.6. The van der Waals surface area contributed by atoms with Gasteiger partial charge >= 0.3 is 0 Å². The molecule has 2 aliphatic heterocycles.